The van der Waals surface area contributed by atoms with Gasteiger partial charge in [-0.1, -0.05) is 105 Å². The number of nitrogens with one attached hydrogen (secondary N) is 1. The average Bonchev–Trinajstić information content (AvgIpc) is 2.65. The largest absolute Gasteiger partial charge is 0.394 e. The van der Waals surface area contributed by atoms with E-state index in [-0.39, 0.29) is 5.91 Å². The predicted octanol–water partition coefficient (Wildman–Crippen LogP) is 4.32. The first-order valence-corrected chi connectivity index (χ1v) is 11.5. The molecule has 4 N–H and O–H groups in total. The molecule has 0 aromatic carbocycles. The normalized spacial score (nSPS) is 15.2. The molecule has 0 aliphatic rings. The van der Waals surface area contributed by atoms with Gasteiger partial charge in [-0.3, -0.25) is 4.79 Å². The maximum atomic E-state index is 12.0. The first-order valence-electron chi connectivity index (χ1n) is 11.5. The Morgan fingerprint density at radius 1 is 0.821 bits per heavy atom. The highest BCUT2D eigenvalue weighted by Crippen LogP contribution is 2.16. The molecule has 0 rings (SSSR count). The average molecular weight is 402 g/mol. The summed E-state index contributed by atoms with van der Waals surface area (Å²) in [5.74, 6) is -0.247. The quantitative estimate of drug-likeness (QED) is 0.273. The molecule has 168 valence electrons. The summed E-state index contributed by atoms with van der Waals surface area (Å²) in [5, 5.41) is 32.5. The van der Waals surface area contributed by atoms with Crippen LogP contribution in [-0.2, 0) is 4.79 Å². The van der Waals surface area contributed by atoms with Crippen LogP contribution in [0.2, 0.25) is 0 Å². The fourth-order valence-electron chi connectivity index (χ4n) is 3.26. The summed E-state index contributed by atoms with van der Waals surface area (Å²) in [5.41, 5.74) is -0.604. The van der Waals surface area contributed by atoms with Crippen molar-refractivity contribution in [1.82, 2.24) is 5.32 Å². The molecule has 0 aromatic rings. The molecular formula is C23H47NO4. The van der Waals surface area contributed by atoms with Crippen molar-refractivity contribution in [3.63, 3.8) is 0 Å². The number of carbonyl (C=O) groups is 1. The first-order chi connectivity index (χ1) is 13.2. The van der Waals surface area contributed by atoms with Crippen LogP contribution in [0.4, 0.5) is 0 Å². The van der Waals surface area contributed by atoms with Crippen LogP contribution in [0.25, 0.3) is 0 Å². The molecule has 0 unspecified atom stereocenters. The third-order valence-corrected chi connectivity index (χ3v) is 5.35. The summed E-state index contributed by atoms with van der Waals surface area (Å²) in [6, 6.07) is -0.834. The third-order valence-electron chi connectivity index (χ3n) is 5.35. The number of aliphatic hydroxyl groups excluding tert-OH is 3. The van der Waals surface area contributed by atoms with Crippen molar-refractivity contribution in [1.29, 1.82) is 0 Å². The van der Waals surface area contributed by atoms with Crippen molar-refractivity contribution >= 4 is 5.91 Å². The van der Waals surface area contributed by atoms with Crippen LogP contribution in [0.3, 0.4) is 0 Å². The number of unbranched alkanes of at least 4 members (excludes halogenated alkanes) is 11. The Bertz CT molecular complexity index is 381. The number of amides is 1. The maximum absolute atomic E-state index is 12.0. The summed E-state index contributed by atoms with van der Waals surface area (Å²) in [7, 11) is 0. The highest BCUT2D eigenvalue weighted by Gasteiger charge is 2.30. The molecule has 0 radical (unpaired) electrons. The Morgan fingerprint density at radius 3 is 1.64 bits per heavy atom. The van der Waals surface area contributed by atoms with Crippen molar-refractivity contribution in [3.05, 3.63) is 0 Å². The van der Waals surface area contributed by atoms with Crippen molar-refractivity contribution in [2.45, 2.75) is 129 Å². The lowest BCUT2D eigenvalue weighted by molar-refractivity contribution is -0.131. The van der Waals surface area contributed by atoms with Crippen LogP contribution < -0.4 is 5.32 Å². The molecule has 0 bridgehead atoms. The molecule has 0 aliphatic heterocycles. The number of rotatable bonds is 17. The van der Waals surface area contributed by atoms with Crippen LogP contribution in [0.5, 0.6) is 0 Å². The van der Waals surface area contributed by atoms with E-state index in [0.717, 1.165) is 19.3 Å². The SMILES string of the molecule is CCCCCCCCCCCCCC[C@@H](O)[C@@H](O)[C@H](CO)NC(=O)C(C)(C)C. The molecule has 0 aromatic heterocycles. The second-order valence-electron chi connectivity index (χ2n) is 9.25. The highest BCUT2D eigenvalue weighted by atomic mass is 16.3. The van der Waals surface area contributed by atoms with E-state index in [2.05, 4.69) is 12.2 Å². The second kappa shape index (κ2) is 16.2. The minimum absolute atomic E-state index is 0.247. The van der Waals surface area contributed by atoms with Gasteiger partial charge in [-0.2, -0.15) is 0 Å². The lowest BCUT2D eigenvalue weighted by Gasteiger charge is -2.29. The molecule has 28 heavy (non-hydrogen) atoms. The van der Waals surface area contributed by atoms with Gasteiger partial charge in [0, 0.05) is 5.41 Å². The standard InChI is InChI=1S/C23H47NO4/c1-5-6-7-8-9-10-11-12-13-14-15-16-17-20(26)21(27)19(18-25)24-22(28)23(2,3)4/h19-21,25-27H,5-18H2,1-4H3,(H,24,28)/t19-,20+,21-/m0/s1. The topological polar surface area (TPSA) is 89.8 Å². The van der Waals surface area contributed by atoms with Crippen molar-refractivity contribution in [2.75, 3.05) is 6.61 Å². The van der Waals surface area contributed by atoms with Gasteiger partial charge in [0.15, 0.2) is 0 Å². The Labute approximate surface area is 173 Å². The molecule has 0 saturated carbocycles. The third kappa shape index (κ3) is 13.5. The van der Waals surface area contributed by atoms with Gasteiger partial charge >= 0.3 is 0 Å². The highest BCUT2D eigenvalue weighted by molar-refractivity contribution is 5.81. The molecule has 0 spiro atoms. The zero-order valence-corrected chi connectivity index (χ0v) is 18.9. The minimum atomic E-state index is -1.15. The van der Waals surface area contributed by atoms with E-state index >= 15 is 0 Å². The van der Waals surface area contributed by atoms with Crippen LogP contribution in [0.1, 0.15) is 111 Å². The Morgan fingerprint density at radius 2 is 1.25 bits per heavy atom. The van der Waals surface area contributed by atoms with E-state index < -0.39 is 30.3 Å². The van der Waals surface area contributed by atoms with Crippen molar-refractivity contribution < 1.29 is 20.1 Å². The Hall–Kier alpha value is -0.650. The lowest BCUT2D eigenvalue weighted by atomic mass is 9.93. The van der Waals surface area contributed by atoms with E-state index in [9.17, 15) is 20.1 Å². The molecule has 5 nitrogen and oxygen atoms in total. The van der Waals surface area contributed by atoms with Gasteiger partial charge in [0.05, 0.1) is 18.8 Å². The first kappa shape index (κ1) is 27.4. The van der Waals surface area contributed by atoms with Gasteiger partial charge in [-0.05, 0) is 6.42 Å². The molecule has 0 heterocycles. The van der Waals surface area contributed by atoms with E-state index in [4.69, 9.17) is 0 Å². The van der Waals surface area contributed by atoms with Crippen LogP contribution in [0, 0.1) is 5.41 Å². The molecule has 3 atom stereocenters. The summed E-state index contributed by atoms with van der Waals surface area (Å²) >= 11 is 0. The zero-order chi connectivity index (χ0) is 21.4. The van der Waals surface area contributed by atoms with E-state index in [1.807, 2.05) is 0 Å². The van der Waals surface area contributed by atoms with Crippen molar-refractivity contribution in [2.24, 2.45) is 5.41 Å². The molecule has 0 saturated heterocycles. The van der Waals surface area contributed by atoms with Gasteiger partial charge < -0.3 is 20.6 Å². The van der Waals surface area contributed by atoms with E-state index in [1.165, 1.54) is 57.8 Å². The number of hydrogen-bond acceptors (Lipinski definition) is 4. The van der Waals surface area contributed by atoms with Gasteiger partial charge in [0.1, 0.15) is 6.10 Å². The minimum Gasteiger partial charge on any atom is -0.394 e. The monoisotopic (exact) mass is 401 g/mol. The van der Waals surface area contributed by atoms with Crippen LogP contribution in [0.15, 0.2) is 0 Å². The summed E-state index contributed by atoms with van der Waals surface area (Å²) in [4.78, 5) is 12.0. The van der Waals surface area contributed by atoms with Crippen LogP contribution >= 0.6 is 0 Å². The Balaban J connectivity index is 3.78. The lowest BCUT2D eigenvalue weighted by Crippen LogP contribution is -2.53. The summed E-state index contributed by atoms with van der Waals surface area (Å²) in [6.45, 7) is 7.16. The maximum Gasteiger partial charge on any atom is 0.225 e. The van der Waals surface area contributed by atoms with E-state index in [1.54, 1.807) is 20.8 Å². The summed E-state index contributed by atoms with van der Waals surface area (Å²) in [6.07, 6.45) is 13.4. The number of hydrogen-bond donors (Lipinski definition) is 4. The molecule has 0 fully saturated rings. The fourth-order valence-corrected chi connectivity index (χ4v) is 3.26. The molecule has 0 aliphatic carbocycles. The van der Waals surface area contributed by atoms with Gasteiger partial charge in [-0.15, -0.1) is 0 Å². The zero-order valence-electron chi connectivity index (χ0n) is 18.9. The molecule has 1 amide bonds. The van der Waals surface area contributed by atoms with E-state index in [0.29, 0.717) is 6.42 Å². The van der Waals surface area contributed by atoms with Gasteiger partial charge in [-0.25, -0.2) is 0 Å². The fraction of sp³-hybridized carbons (Fsp3) is 0.957. The Kier molecular flexibility index (Phi) is 15.8. The summed E-state index contributed by atoms with van der Waals surface area (Å²) < 4.78 is 0. The van der Waals surface area contributed by atoms with Crippen molar-refractivity contribution in [3.8, 4) is 0 Å². The molecular weight excluding hydrogens is 354 g/mol. The van der Waals surface area contributed by atoms with Crippen LogP contribution in [-0.4, -0.2) is 46.1 Å². The molecule has 5 heteroatoms. The number of carbonyl (C=O) groups excluding carboxylic acids is 1. The smallest absolute Gasteiger partial charge is 0.225 e. The second-order valence-corrected chi connectivity index (χ2v) is 9.25. The van der Waals surface area contributed by atoms with Gasteiger partial charge in [0.25, 0.3) is 0 Å². The number of aliphatic hydroxyl groups is 3. The predicted molar refractivity (Wildman–Crippen MR) is 116 cm³/mol. The van der Waals surface area contributed by atoms with Gasteiger partial charge in [0.2, 0.25) is 5.91 Å².